The van der Waals surface area contributed by atoms with Crippen LogP contribution < -0.4 is 10.6 Å². The molecule has 0 aliphatic heterocycles. The molecule has 0 radical (unpaired) electrons. The fourth-order valence-electron chi connectivity index (χ4n) is 4.93. The van der Waals surface area contributed by atoms with Crippen LogP contribution in [-0.4, -0.2) is 25.5 Å². The monoisotopic (exact) mass is 530 g/mol. The molecule has 1 unspecified atom stereocenters. The number of halogens is 2. The first-order valence-electron chi connectivity index (χ1n) is 13.3. The van der Waals surface area contributed by atoms with Crippen LogP contribution in [-0.2, 0) is 0 Å². The van der Waals surface area contributed by atoms with Crippen molar-refractivity contribution in [3.8, 4) is 6.07 Å². The predicted molar refractivity (Wildman–Crippen MR) is 147 cm³/mol. The van der Waals surface area contributed by atoms with E-state index in [1.807, 2.05) is 6.07 Å². The molecule has 4 aromatic rings. The molecule has 2 aromatic heterocycles. The Morgan fingerprint density at radius 3 is 2.61 bits per heavy atom. The Morgan fingerprint density at radius 1 is 1.24 bits per heavy atom. The molecular weight excluding hydrogens is 501 g/mol. The van der Waals surface area contributed by atoms with Crippen LogP contribution >= 0.6 is 11.6 Å². The zero-order valence-electron chi connectivity index (χ0n) is 22.5. The van der Waals surface area contributed by atoms with Crippen LogP contribution in [0.5, 0.6) is 0 Å². The summed E-state index contributed by atoms with van der Waals surface area (Å²) < 4.78 is 25.2. The first-order chi connectivity index (χ1) is 18.5. The molecule has 2 aromatic carbocycles. The van der Waals surface area contributed by atoms with Crippen LogP contribution in [0, 0.1) is 22.6 Å². The van der Waals surface area contributed by atoms with Crippen molar-refractivity contribution in [1.82, 2.24) is 20.0 Å². The minimum absolute atomic E-state index is 0.0265. The lowest BCUT2D eigenvalue weighted by molar-refractivity contribution is 0.323. The zero-order chi connectivity index (χ0) is 27.6. The summed E-state index contributed by atoms with van der Waals surface area (Å²) >= 11 is 6.75. The van der Waals surface area contributed by atoms with E-state index >= 15 is 0 Å². The molecule has 0 saturated heterocycles. The van der Waals surface area contributed by atoms with Gasteiger partial charge < -0.3 is 10.6 Å². The molecule has 2 saturated carbocycles. The average molecular weight is 531 g/mol. The highest BCUT2D eigenvalue weighted by molar-refractivity contribution is 6.35. The van der Waals surface area contributed by atoms with Crippen molar-refractivity contribution in [2.75, 3.05) is 10.6 Å². The average Bonchev–Trinajstić information content (AvgIpc) is 3.83. The van der Waals surface area contributed by atoms with Crippen molar-refractivity contribution in [3.05, 3.63) is 76.5 Å². The maximum absolute atomic E-state index is 13.8. The topological polar surface area (TPSA) is 91.5 Å². The second-order valence-electron chi connectivity index (χ2n) is 11.3. The quantitative estimate of drug-likeness (QED) is 0.267. The van der Waals surface area contributed by atoms with Crippen molar-refractivity contribution < 1.29 is 5.76 Å². The molecule has 194 valence electrons. The number of aromatic nitrogens is 4. The normalized spacial score (nSPS) is 18.4. The highest BCUT2D eigenvalue weighted by Crippen LogP contribution is 2.53. The van der Waals surface area contributed by atoms with Crippen LogP contribution in [0.2, 0.25) is 5.02 Å². The Balaban J connectivity index is 1.47. The number of anilines is 2. The molecule has 38 heavy (non-hydrogen) atoms. The van der Waals surface area contributed by atoms with E-state index in [2.05, 4.69) is 52.8 Å². The van der Waals surface area contributed by atoms with Gasteiger partial charge in [0.25, 0.3) is 0 Å². The molecule has 2 aliphatic rings. The third-order valence-electron chi connectivity index (χ3n) is 7.68. The molecular formula is C29H29ClFN7. The second kappa shape index (κ2) is 8.95. The van der Waals surface area contributed by atoms with Gasteiger partial charge in [-0.3, -0.25) is 4.98 Å². The number of pyridine rings is 1. The molecule has 0 bridgehead atoms. The Kier molecular flexibility index (Phi) is 5.52. The van der Waals surface area contributed by atoms with Gasteiger partial charge in [0.2, 0.25) is 0 Å². The van der Waals surface area contributed by atoms with Gasteiger partial charge in [-0.1, -0.05) is 49.7 Å². The second-order valence-corrected chi connectivity index (χ2v) is 11.7. The highest BCUT2D eigenvalue weighted by Gasteiger charge is 2.52. The van der Waals surface area contributed by atoms with E-state index < -0.39 is 11.8 Å². The van der Waals surface area contributed by atoms with Gasteiger partial charge in [-0.2, -0.15) is 5.26 Å². The lowest BCUT2D eigenvalue weighted by atomic mass is 9.83. The number of benzene rings is 2. The van der Waals surface area contributed by atoms with E-state index in [1.54, 1.807) is 35.3 Å². The molecule has 0 amide bonds. The van der Waals surface area contributed by atoms with Crippen molar-refractivity contribution in [1.29, 1.82) is 5.26 Å². The minimum atomic E-state index is -1.59. The smallest absolute Gasteiger partial charge is 0.123 e. The van der Waals surface area contributed by atoms with Crippen LogP contribution in [0.3, 0.4) is 0 Å². The van der Waals surface area contributed by atoms with Crippen molar-refractivity contribution in [2.24, 2.45) is 5.41 Å². The number of rotatable bonds is 7. The molecule has 0 spiro atoms. The molecule has 6 rings (SSSR count). The summed E-state index contributed by atoms with van der Waals surface area (Å²) in [5, 5.41) is 26.6. The maximum Gasteiger partial charge on any atom is 0.123 e. The van der Waals surface area contributed by atoms with E-state index in [9.17, 15) is 11.0 Å². The minimum Gasteiger partial charge on any atom is -0.377 e. The number of hydrogen-bond acceptors (Lipinski definition) is 6. The summed E-state index contributed by atoms with van der Waals surface area (Å²) in [5.74, 6) is -0.393. The largest absolute Gasteiger partial charge is 0.377 e. The fourth-order valence-corrected chi connectivity index (χ4v) is 5.20. The maximum atomic E-state index is 13.8. The molecule has 2 N–H and O–H groups in total. The number of nitrogens with zero attached hydrogens (tertiary/aromatic N) is 5. The standard InChI is InChI=1S/C29H29ClFN7/c1-28(2,3)29(10-11-29)35-25-18(14-32)15-33-27-22(25)12-20(13-23(27)30)34-26(17-4-6-19(31)7-5-17)24-16-38(37-36-24)21-8-9-21/h4-7,12-13,15-16,21,26,34H,8-11H2,1-3H3,(H,33,35)/i26D. The van der Waals surface area contributed by atoms with E-state index in [4.69, 9.17) is 11.6 Å². The number of hydrogen-bond donors (Lipinski definition) is 2. The van der Waals surface area contributed by atoms with E-state index in [0.717, 1.165) is 25.7 Å². The number of nitrogens with one attached hydrogen (secondary N) is 2. The van der Waals surface area contributed by atoms with Gasteiger partial charge in [0.15, 0.2) is 0 Å². The summed E-state index contributed by atoms with van der Waals surface area (Å²) in [6.45, 7) is 6.57. The van der Waals surface area contributed by atoms with Crippen molar-refractivity contribution in [2.45, 2.75) is 64.1 Å². The summed E-state index contributed by atoms with van der Waals surface area (Å²) in [7, 11) is 0. The lowest BCUT2D eigenvalue weighted by Gasteiger charge is -2.33. The van der Waals surface area contributed by atoms with E-state index in [1.165, 1.54) is 12.1 Å². The Morgan fingerprint density at radius 2 is 1.97 bits per heavy atom. The van der Waals surface area contributed by atoms with E-state index in [0.29, 0.717) is 50.2 Å². The number of nitriles is 1. The van der Waals surface area contributed by atoms with Gasteiger partial charge in [-0.25, -0.2) is 9.07 Å². The van der Waals surface area contributed by atoms with Gasteiger partial charge in [0.1, 0.15) is 17.6 Å². The molecule has 2 aliphatic carbocycles. The van der Waals surface area contributed by atoms with Crippen LogP contribution in [0.15, 0.2) is 48.8 Å². The third-order valence-corrected chi connectivity index (χ3v) is 7.97. The van der Waals surface area contributed by atoms with Crippen molar-refractivity contribution >= 4 is 33.9 Å². The Hall–Kier alpha value is -3.70. The molecule has 2 fully saturated rings. The van der Waals surface area contributed by atoms with Crippen LogP contribution in [0.25, 0.3) is 10.9 Å². The van der Waals surface area contributed by atoms with Gasteiger partial charge >= 0.3 is 0 Å². The van der Waals surface area contributed by atoms with Gasteiger partial charge in [0.05, 0.1) is 41.4 Å². The summed E-state index contributed by atoms with van der Waals surface area (Å²) in [6.07, 6.45) is 7.36. The van der Waals surface area contributed by atoms with Gasteiger partial charge in [0, 0.05) is 22.8 Å². The molecule has 2 heterocycles. The van der Waals surface area contributed by atoms with Gasteiger partial charge in [-0.15, -0.1) is 5.10 Å². The summed E-state index contributed by atoms with van der Waals surface area (Å²) in [4.78, 5) is 4.48. The van der Waals surface area contributed by atoms with Crippen LogP contribution in [0.4, 0.5) is 15.8 Å². The molecule has 7 nitrogen and oxygen atoms in total. The molecule has 1 atom stereocenters. The Labute approximate surface area is 227 Å². The highest BCUT2D eigenvalue weighted by atomic mass is 35.5. The SMILES string of the molecule is [2H]C(Nc1cc(Cl)c2ncc(C#N)c(NC3(C(C)(C)C)CC3)c2c1)(c1ccc(F)cc1)c1cn(C2CC2)nn1. The first kappa shape index (κ1) is 23.4. The Bertz CT molecular complexity index is 1610. The van der Waals surface area contributed by atoms with E-state index in [-0.39, 0.29) is 11.0 Å². The zero-order valence-corrected chi connectivity index (χ0v) is 22.3. The number of fused-ring (bicyclic) bond motifs is 1. The summed E-state index contributed by atoms with van der Waals surface area (Å²) in [6, 6.07) is 10.3. The van der Waals surface area contributed by atoms with Crippen LogP contribution in [0.1, 0.15) is 76.7 Å². The van der Waals surface area contributed by atoms with Gasteiger partial charge in [-0.05, 0) is 60.9 Å². The summed E-state index contributed by atoms with van der Waals surface area (Å²) in [5.41, 5.74) is 2.91. The first-order valence-corrected chi connectivity index (χ1v) is 13.2. The third kappa shape index (κ3) is 4.45. The molecule has 9 heteroatoms. The lowest BCUT2D eigenvalue weighted by Crippen LogP contribution is -2.36. The predicted octanol–water partition coefficient (Wildman–Crippen LogP) is 7.02. The fraction of sp³-hybridized carbons (Fsp3) is 0.379. The van der Waals surface area contributed by atoms with Crippen molar-refractivity contribution in [3.63, 3.8) is 0 Å².